The van der Waals surface area contributed by atoms with E-state index in [2.05, 4.69) is 4.90 Å². The molecule has 2 aliphatic rings. The maximum Gasteiger partial charge on any atom is 0.410 e. The van der Waals surface area contributed by atoms with Crippen LogP contribution in [-0.4, -0.2) is 54.8 Å². The van der Waals surface area contributed by atoms with Crippen LogP contribution in [0.5, 0.6) is 5.75 Å². The number of rotatable bonds is 1. The number of hydrogen-bond acceptors (Lipinski definition) is 6. The van der Waals surface area contributed by atoms with Crippen LogP contribution in [0.25, 0.3) is 0 Å². The lowest BCUT2D eigenvalue weighted by Gasteiger charge is -2.45. The Labute approximate surface area is 146 Å². The summed E-state index contributed by atoms with van der Waals surface area (Å²) in [6.45, 7) is 7.60. The molecule has 1 saturated heterocycles. The van der Waals surface area contributed by atoms with Crippen molar-refractivity contribution >= 4 is 23.4 Å². The smallest absolute Gasteiger partial charge is 0.410 e. The highest BCUT2D eigenvalue weighted by Crippen LogP contribution is 2.38. The quantitative estimate of drug-likeness (QED) is 0.737. The number of carbonyl (C=O) groups excluding carboxylic acids is 2. The van der Waals surface area contributed by atoms with Gasteiger partial charge in [0.05, 0.1) is 17.3 Å². The van der Waals surface area contributed by atoms with Gasteiger partial charge in [0.1, 0.15) is 18.0 Å². The molecule has 3 rings (SSSR count). The third-order valence-electron chi connectivity index (χ3n) is 4.27. The first-order chi connectivity index (χ1) is 11.7. The number of nitrogens with zero attached hydrogens (tertiary/aromatic N) is 2. The molecule has 2 amide bonds. The van der Waals surface area contributed by atoms with Gasteiger partial charge in [-0.05, 0) is 26.8 Å². The van der Waals surface area contributed by atoms with Gasteiger partial charge in [-0.15, -0.1) is 0 Å². The van der Waals surface area contributed by atoms with Gasteiger partial charge in [0, 0.05) is 31.4 Å². The summed E-state index contributed by atoms with van der Waals surface area (Å²) in [5, 5.41) is 0. The largest absolute Gasteiger partial charge is 0.489 e. The number of carbonyl (C=O) groups is 2. The van der Waals surface area contributed by atoms with Crippen LogP contribution < -0.4 is 21.1 Å². The molecule has 0 bridgehead atoms. The van der Waals surface area contributed by atoms with Crippen LogP contribution in [0.4, 0.5) is 16.2 Å². The molecule has 0 saturated carbocycles. The number of primary amides is 1. The lowest BCUT2D eigenvalue weighted by atomic mass is 10.0. The molecule has 25 heavy (non-hydrogen) atoms. The summed E-state index contributed by atoms with van der Waals surface area (Å²) in [6, 6.07) is 3.28. The molecule has 0 spiro atoms. The Kier molecular flexibility index (Phi) is 4.14. The summed E-state index contributed by atoms with van der Waals surface area (Å²) in [5.74, 6) is 0.0549. The van der Waals surface area contributed by atoms with Gasteiger partial charge >= 0.3 is 6.09 Å². The molecule has 2 aliphatic heterocycles. The zero-order valence-corrected chi connectivity index (χ0v) is 14.7. The summed E-state index contributed by atoms with van der Waals surface area (Å²) in [7, 11) is 0. The predicted octanol–water partition coefficient (Wildman–Crippen LogP) is 1.19. The SMILES string of the molecule is CC(C)(C)OC(=O)N1CCN2c3cc(C(N)=O)c(N)cc3OC[C@H]2C1. The average Bonchev–Trinajstić information content (AvgIpc) is 2.51. The van der Waals surface area contributed by atoms with Crippen LogP contribution in [0.3, 0.4) is 0 Å². The highest BCUT2D eigenvalue weighted by Gasteiger charge is 2.36. The molecule has 8 nitrogen and oxygen atoms in total. The van der Waals surface area contributed by atoms with E-state index in [1.54, 1.807) is 17.0 Å². The molecule has 8 heteroatoms. The maximum atomic E-state index is 12.3. The second-order valence-electron chi connectivity index (χ2n) is 7.36. The molecule has 1 atom stereocenters. The van der Waals surface area contributed by atoms with Crippen LogP contribution in [0.2, 0.25) is 0 Å². The van der Waals surface area contributed by atoms with Gasteiger partial charge in [-0.25, -0.2) is 4.79 Å². The zero-order chi connectivity index (χ0) is 18.4. The molecule has 0 radical (unpaired) electrons. The van der Waals surface area contributed by atoms with Crippen molar-refractivity contribution in [2.24, 2.45) is 5.73 Å². The van der Waals surface area contributed by atoms with Crippen molar-refractivity contribution in [3.05, 3.63) is 17.7 Å². The Morgan fingerprint density at radius 3 is 2.64 bits per heavy atom. The predicted molar refractivity (Wildman–Crippen MR) is 93.8 cm³/mol. The number of benzene rings is 1. The van der Waals surface area contributed by atoms with E-state index in [4.69, 9.17) is 20.9 Å². The van der Waals surface area contributed by atoms with Crippen LogP contribution in [0.15, 0.2) is 12.1 Å². The van der Waals surface area contributed by atoms with Crippen LogP contribution >= 0.6 is 0 Å². The summed E-state index contributed by atoms with van der Waals surface area (Å²) in [4.78, 5) is 27.7. The Morgan fingerprint density at radius 2 is 2.00 bits per heavy atom. The van der Waals surface area contributed by atoms with Crippen molar-refractivity contribution in [3.63, 3.8) is 0 Å². The summed E-state index contributed by atoms with van der Waals surface area (Å²) in [6.07, 6.45) is -0.326. The molecule has 0 aromatic heterocycles. The van der Waals surface area contributed by atoms with Gasteiger partial charge < -0.3 is 30.7 Å². The number of piperazine rings is 1. The molecular formula is C17H24N4O4. The lowest BCUT2D eigenvalue weighted by molar-refractivity contribution is 0.0195. The number of hydrogen-bond donors (Lipinski definition) is 2. The van der Waals surface area contributed by atoms with E-state index >= 15 is 0 Å². The highest BCUT2D eigenvalue weighted by atomic mass is 16.6. The van der Waals surface area contributed by atoms with E-state index in [1.165, 1.54) is 0 Å². The third-order valence-corrected chi connectivity index (χ3v) is 4.27. The van der Waals surface area contributed by atoms with E-state index in [9.17, 15) is 9.59 Å². The van der Waals surface area contributed by atoms with Crippen molar-refractivity contribution in [1.82, 2.24) is 4.90 Å². The second-order valence-corrected chi connectivity index (χ2v) is 7.36. The fraction of sp³-hybridized carbons (Fsp3) is 0.529. The van der Waals surface area contributed by atoms with Gasteiger partial charge in [0.15, 0.2) is 0 Å². The van der Waals surface area contributed by atoms with Gasteiger partial charge in [0.25, 0.3) is 5.91 Å². The van der Waals surface area contributed by atoms with Crippen LogP contribution in [0.1, 0.15) is 31.1 Å². The van der Waals surface area contributed by atoms with Crippen molar-refractivity contribution in [3.8, 4) is 5.75 Å². The Hall–Kier alpha value is -2.64. The number of ether oxygens (including phenoxy) is 2. The molecule has 2 heterocycles. The average molecular weight is 348 g/mol. The van der Waals surface area contributed by atoms with Gasteiger partial charge in [-0.2, -0.15) is 0 Å². The molecule has 0 aliphatic carbocycles. The molecule has 1 aromatic rings. The first kappa shape index (κ1) is 17.2. The minimum Gasteiger partial charge on any atom is -0.489 e. The first-order valence-corrected chi connectivity index (χ1v) is 8.26. The van der Waals surface area contributed by atoms with Gasteiger partial charge in [-0.3, -0.25) is 4.79 Å². The number of amides is 2. The fourth-order valence-corrected chi connectivity index (χ4v) is 3.13. The van der Waals surface area contributed by atoms with Crippen molar-refractivity contribution in [2.75, 3.05) is 36.9 Å². The van der Waals surface area contributed by atoms with Gasteiger partial charge in [-0.1, -0.05) is 0 Å². The first-order valence-electron chi connectivity index (χ1n) is 8.26. The zero-order valence-electron chi connectivity index (χ0n) is 14.7. The van der Waals surface area contributed by atoms with Crippen LogP contribution in [-0.2, 0) is 4.74 Å². The Morgan fingerprint density at radius 1 is 1.28 bits per heavy atom. The maximum absolute atomic E-state index is 12.3. The number of fused-ring (bicyclic) bond motifs is 3. The Balaban J connectivity index is 1.79. The summed E-state index contributed by atoms with van der Waals surface area (Å²) >= 11 is 0. The minimum absolute atomic E-state index is 0.0156. The lowest BCUT2D eigenvalue weighted by Crippen LogP contribution is -2.59. The fourth-order valence-electron chi connectivity index (χ4n) is 3.13. The molecule has 4 N–H and O–H groups in total. The molecule has 1 aromatic carbocycles. The van der Waals surface area contributed by atoms with E-state index < -0.39 is 11.5 Å². The second kappa shape index (κ2) is 6.02. The van der Waals surface area contributed by atoms with E-state index in [0.717, 1.165) is 5.69 Å². The van der Waals surface area contributed by atoms with Gasteiger partial charge in [0.2, 0.25) is 0 Å². The summed E-state index contributed by atoms with van der Waals surface area (Å²) in [5.41, 5.74) is 12.1. The molecule has 136 valence electrons. The number of anilines is 2. The molecule has 1 fully saturated rings. The van der Waals surface area contributed by atoms with E-state index in [-0.39, 0.29) is 17.7 Å². The van der Waals surface area contributed by atoms with E-state index in [1.807, 2.05) is 20.8 Å². The number of nitrogen functional groups attached to an aromatic ring is 1. The Bertz CT molecular complexity index is 713. The number of nitrogens with two attached hydrogens (primary N) is 2. The topological polar surface area (TPSA) is 111 Å². The highest BCUT2D eigenvalue weighted by molar-refractivity contribution is 6.00. The normalized spacial score (nSPS) is 19.6. The molecule has 0 unspecified atom stereocenters. The summed E-state index contributed by atoms with van der Waals surface area (Å²) < 4.78 is 11.2. The standard InChI is InChI=1S/C17H24N4O4/c1-17(2,3)25-16(23)20-4-5-21-10(8-20)9-24-14-7-12(18)11(15(19)22)6-13(14)21/h6-7,10H,4-5,8-9,18H2,1-3H3,(H2,19,22)/t10-/m1/s1. The molecular weight excluding hydrogens is 324 g/mol. The van der Waals surface area contributed by atoms with Crippen molar-refractivity contribution < 1.29 is 19.1 Å². The monoisotopic (exact) mass is 348 g/mol. The van der Waals surface area contributed by atoms with Crippen molar-refractivity contribution in [1.29, 1.82) is 0 Å². The minimum atomic E-state index is -0.574. The van der Waals surface area contributed by atoms with E-state index in [0.29, 0.717) is 37.7 Å². The van der Waals surface area contributed by atoms with Crippen LogP contribution in [0, 0.1) is 0 Å². The van der Waals surface area contributed by atoms with Crippen molar-refractivity contribution in [2.45, 2.75) is 32.4 Å². The third kappa shape index (κ3) is 3.42.